The van der Waals surface area contributed by atoms with Crippen molar-refractivity contribution in [3.63, 3.8) is 0 Å². The summed E-state index contributed by atoms with van der Waals surface area (Å²) in [5.41, 5.74) is 6.54. The molecule has 0 saturated heterocycles. The number of aromatic nitrogens is 6. The Balaban J connectivity index is 1.92. The molecule has 3 aromatic heterocycles. The molecule has 0 saturated carbocycles. The molecule has 8 nitrogen and oxygen atoms in total. The predicted octanol–water partition coefficient (Wildman–Crippen LogP) is 1.14. The SMILES string of the molecule is Cc1ccc(Oc2nc(N)nc(-n3cccn3)n2)cn1. The lowest BCUT2D eigenvalue weighted by molar-refractivity contribution is 0.436. The molecule has 0 fully saturated rings. The lowest BCUT2D eigenvalue weighted by Gasteiger charge is -2.06. The van der Waals surface area contributed by atoms with E-state index in [0.29, 0.717) is 5.75 Å². The number of rotatable bonds is 3. The van der Waals surface area contributed by atoms with Crippen LogP contribution in [-0.4, -0.2) is 29.7 Å². The van der Waals surface area contributed by atoms with Crippen LogP contribution in [0.1, 0.15) is 5.69 Å². The molecule has 0 aliphatic heterocycles. The molecule has 0 aliphatic carbocycles. The average Bonchev–Trinajstić information content (AvgIpc) is 2.95. The number of pyridine rings is 1. The summed E-state index contributed by atoms with van der Waals surface area (Å²) in [7, 11) is 0. The molecule has 0 spiro atoms. The summed E-state index contributed by atoms with van der Waals surface area (Å²) >= 11 is 0. The predicted molar refractivity (Wildman–Crippen MR) is 70.4 cm³/mol. The molecular weight excluding hydrogens is 258 g/mol. The van der Waals surface area contributed by atoms with Crippen molar-refractivity contribution >= 4 is 5.95 Å². The van der Waals surface area contributed by atoms with Crippen molar-refractivity contribution in [3.05, 3.63) is 42.5 Å². The van der Waals surface area contributed by atoms with Crippen LogP contribution in [0.4, 0.5) is 5.95 Å². The number of hydrogen-bond donors (Lipinski definition) is 1. The number of ether oxygens (including phenoxy) is 1. The van der Waals surface area contributed by atoms with Gasteiger partial charge in [-0.2, -0.15) is 20.1 Å². The third-order valence-electron chi connectivity index (χ3n) is 2.42. The maximum atomic E-state index is 5.64. The van der Waals surface area contributed by atoms with E-state index in [9.17, 15) is 0 Å². The third kappa shape index (κ3) is 2.53. The first kappa shape index (κ1) is 12.0. The summed E-state index contributed by atoms with van der Waals surface area (Å²) in [6.07, 6.45) is 4.90. The van der Waals surface area contributed by atoms with Crippen molar-refractivity contribution in [2.45, 2.75) is 6.92 Å². The average molecular weight is 269 g/mol. The number of aryl methyl sites for hydroxylation is 1. The van der Waals surface area contributed by atoms with E-state index in [2.05, 4.69) is 25.0 Å². The molecule has 0 radical (unpaired) electrons. The van der Waals surface area contributed by atoms with Gasteiger partial charge in [-0.25, -0.2) is 4.68 Å². The molecule has 0 aliphatic rings. The minimum Gasteiger partial charge on any atom is -0.422 e. The van der Waals surface area contributed by atoms with Gasteiger partial charge in [0, 0.05) is 18.1 Å². The Hall–Kier alpha value is -3.03. The normalized spacial score (nSPS) is 10.4. The van der Waals surface area contributed by atoms with Gasteiger partial charge in [0.2, 0.25) is 5.95 Å². The lowest BCUT2D eigenvalue weighted by Crippen LogP contribution is -2.07. The van der Waals surface area contributed by atoms with Gasteiger partial charge in [-0.15, -0.1) is 0 Å². The van der Waals surface area contributed by atoms with Crippen molar-refractivity contribution in [2.24, 2.45) is 0 Å². The summed E-state index contributed by atoms with van der Waals surface area (Å²) in [4.78, 5) is 16.2. The molecule has 0 atom stereocenters. The number of nitrogens with two attached hydrogens (primary N) is 1. The third-order valence-corrected chi connectivity index (χ3v) is 2.42. The molecule has 3 rings (SSSR count). The summed E-state index contributed by atoms with van der Waals surface area (Å²) in [5, 5.41) is 4.03. The molecule has 0 unspecified atom stereocenters. The van der Waals surface area contributed by atoms with Gasteiger partial charge in [-0.3, -0.25) is 4.98 Å². The second-order valence-electron chi connectivity index (χ2n) is 3.96. The zero-order chi connectivity index (χ0) is 13.9. The number of hydrogen-bond acceptors (Lipinski definition) is 7. The van der Waals surface area contributed by atoms with Crippen LogP contribution in [0.5, 0.6) is 11.8 Å². The van der Waals surface area contributed by atoms with Gasteiger partial charge in [0.1, 0.15) is 5.75 Å². The van der Waals surface area contributed by atoms with Gasteiger partial charge in [0.05, 0.1) is 6.20 Å². The molecule has 0 amide bonds. The van der Waals surface area contributed by atoms with E-state index in [-0.39, 0.29) is 17.9 Å². The largest absolute Gasteiger partial charge is 0.422 e. The topological polar surface area (TPSA) is 105 Å². The first-order valence-electron chi connectivity index (χ1n) is 5.83. The van der Waals surface area contributed by atoms with Gasteiger partial charge in [0.25, 0.3) is 5.95 Å². The van der Waals surface area contributed by atoms with Gasteiger partial charge < -0.3 is 10.5 Å². The van der Waals surface area contributed by atoms with E-state index < -0.39 is 0 Å². The summed E-state index contributed by atoms with van der Waals surface area (Å²) in [6.45, 7) is 1.89. The number of nitrogen functional groups attached to an aromatic ring is 1. The maximum Gasteiger partial charge on any atom is 0.328 e. The summed E-state index contributed by atoms with van der Waals surface area (Å²) in [6, 6.07) is 5.45. The van der Waals surface area contributed by atoms with E-state index in [1.165, 1.54) is 4.68 Å². The van der Waals surface area contributed by atoms with Crippen LogP contribution in [-0.2, 0) is 0 Å². The van der Waals surface area contributed by atoms with Crippen LogP contribution in [0, 0.1) is 6.92 Å². The number of nitrogens with zero attached hydrogens (tertiary/aromatic N) is 6. The standard InChI is InChI=1S/C12H11N7O/c1-8-3-4-9(7-14-8)20-12-17-10(13)16-11(18-12)19-6-2-5-15-19/h2-7H,1H3,(H2,13,16,17,18). The Morgan fingerprint density at radius 2 is 2.10 bits per heavy atom. The molecule has 8 heteroatoms. The Bertz CT molecular complexity index is 709. The van der Waals surface area contributed by atoms with Crippen molar-refractivity contribution in [3.8, 4) is 17.7 Å². The monoisotopic (exact) mass is 269 g/mol. The van der Waals surface area contributed by atoms with Gasteiger partial charge in [-0.1, -0.05) is 0 Å². The Morgan fingerprint density at radius 1 is 1.20 bits per heavy atom. The molecule has 0 aromatic carbocycles. The van der Waals surface area contributed by atoms with E-state index in [1.54, 1.807) is 30.7 Å². The minimum atomic E-state index is 0.0561. The highest BCUT2D eigenvalue weighted by Crippen LogP contribution is 2.17. The first-order chi connectivity index (χ1) is 9.70. The quantitative estimate of drug-likeness (QED) is 0.759. The van der Waals surface area contributed by atoms with Gasteiger partial charge in [0.15, 0.2) is 0 Å². The summed E-state index contributed by atoms with van der Waals surface area (Å²) < 4.78 is 6.98. The highest BCUT2D eigenvalue weighted by Gasteiger charge is 2.08. The van der Waals surface area contributed by atoms with E-state index in [0.717, 1.165) is 5.69 Å². The molecule has 100 valence electrons. The minimum absolute atomic E-state index is 0.0561. The molecule has 3 heterocycles. The van der Waals surface area contributed by atoms with Crippen LogP contribution >= 0.6 is 0 Å². The summed E-state index contributed by atoms with van der Waals surface area (Å²) in [5.74, 6) is 0.866. The van der Waals surface area contributed by atoms with Crippen molar-refractivity contribution in [1.82, 2.24) is 29.7 Å². The van der Waals surface area contributed by atoms with E-state index >= 15 is 0 Å². The fraction of sp³-hybridized carbons (Fsp3) is 0.0833. The zero-order valence-electron chi connectivity index (χ0n) is 10.6. The lowest BCUT2D eigenvalue weighted by atomic mass is 10.4. The van der Waals surface area contributed by atoms with Crippen molar-refractivity contribution in [1.29, 1.82) is 0 Å². The zero-order valence-corrected chi connectivity index (χ0v) is 10.6. The molecule has 20 heavy (non-hydrogen) atoms. The second kappa shape index (κ2) is 4.92. The molecular formula is C12H11N7O. The van der Waals surface area contributed by atoms with Crippen molar-refractivity contribution < 1.29 is 4.74 Å². The highest BCUT2D eigenvalue weighted by atomic mass is 16.5. The molecule has 2 N–H and O–H groups in total. The smallest absolute Gasteiger partial charge is 0.328 e. The van der Waals surface area contributed by atoms with E-state index in [1.807, 2.05) is 13.0 Å². The first-order valence-corrected chi connectivity index (χ1v) is 5.83. The van der Waals surface area contributed by atoms with Crippen LogP contribution in [0.2, 0.25) is 0 Å². The van der Waals surface area contributed by atoms with E-state index in [4.69, 9.17) is 10.5 Å². The van der Waals surface area contributed by atoms with Gasteiger partial charge >= 0.3 is 6.01 Å². The molecule has 3 aromatic rings. The fourth-order valence-electron chi connectivity index (χ4n) is 1.52. The van der Waals surface area contributed by atoms with Crippen LogP contribution in [0.25, 0.3) is 5.95 Å². The Kier molecular flexibility index (Phi) is 2.96. The number of anilines is 1. The fourth-order valence-corrected chi connectivity index (χ4v) is 1.52. The highest BCUT2D eigenvalue weighted by molar-refractivity contribution is 5.28. The van der Waals surface area contributed by atoms with Crippen molar-refractivity contribution in [2.75, 3.05) is 5.73 Å². The molecule has 0 bridgehead atoms. The maximum absolute atomic E-state index is 5.64. The Labute approximate surface area is 114 Å². The van der Waals surface area contributed by atoms with Crippen LogP contribution in [0.3, 0.4) is 0 Å². The van der Waals surface area contributed by atoms with Gasteiger partial charge in [-0.05, 0) is 25.1 Å². The Morgan fingerprint density at radius 3 is 2.80 bits per heavy atom. The second-order valence-corrected chi connectivity index (χ2v) is 3.96. The van der Waals surface area contributed by atoms with Crippen LogP contribution < -0.4 is 10.5 Å². The van der Waals surface area contributed by atoms with Crippen LogP contribution in [0.15, 0.2) is 36.8 Å².